The average Bonchev–Trinajstić information content (AvgIpc) is 2.88. The van der Waals surface area contributed by atoms with Crippen LogP contribution in [0.4, 0.5) is 4.79 Å². The third kappa shape index (κ3) is 15.7. The summed E-state index contributed by atoms with van der Waals surface area (Å²) in [5.41, 5.74) is 1.37. The molecular formula is C31H47NO6. The van der Waals surface area contributed by atoms with Crippen molar-refractivity contribution in [3.8, 4) is 0 Å². The topological polar surface area (TPSA) is 82.1 Å². The van der Waals surface area contributed by atoms with Gasteiger partial charge in [-0.15, -0.1) is 0 Å². The van der Waals surface area contributed by atoms with E-state index < -0.39 is 17.7 Å². The van der Waals surface area contributed by atoms with E-state index in [1.165, 1.54) is 0 Å². The van der Waals surface area contributed by atoms with E-state index >= 15 is 0 Å². The fourth-order valence-electron chi connectivity index (χ4n) is 3.26. The van der Waals surface area contributed by atoms with Crippen molar-refractivity contribution in [3.63, 3.8) is 0 Å². The summed E-state index contributed by atoms with van der Waals surface area (Å²) in [6.45, 7) is 16.4. The third-order valence-electron chi connectivity index (χ3n) is 5.13. The van der Waals surface area contributed by atoms with Crippen molar-refractivity contribution >= 4 is 18.5 Å². The third-order valence-corrected chi connectivity index (χ3v) is 5.13. The number of esters is 1. The minimum atomic E-state index is -0.923. The highest BCUT2D eigenvalue weighted by Crippen LogP contribution is 2.14. The smallest absolute Gasteiger partial charge is 0.410 e. The van der Waals surface area contributed by atoms with Crippen LogP contribution in [0, 0.1) is 5.92 Å². The largest absolute Gasteiger partial charge is 0.458 e. The molecule has 2 unspecified atom stereocenters. The number of nitrogens with zero attached hydrogens (tertiary/aromatic N) is 1. The van der Waals surface area contributed by atoms with E-state index in [4.69, 9.17) is 14.2 Å². The summed E-state index contributed by atoms with van der Waals surface area (Å²) < 4.78 is 15.3. The summed E-state index contributed by atoms with van der Waals surface area (Å²) in [7, 11) is 1.79. The van der Waals surface area contributed by atoms with Crippen molar-refractivity contribution in [1.29, 1.82) is 0 Å². The second-order valence-corrected chi connectivity index (χ2v) is 10.1. The van der Waals surface area contributed by atoms with Crippen LogP contribution < -0.4 is 0 Å². The summed E-state index contributed by atoms with van der Waals surface area (Å²) in [4.78, 5) is 35.9. The lowest BCUT2D eigenvalue weighted by Crippen LogP contribution is -2.39. The predicted octanol–water partition coefficient (Wildman–Crippen LogP) is 6.83. The van der Waals surface area contributed by atoms with Gasteiger partial charge in [-0.1, -0.05) is 88.4 Å². The van der Waals surface area contributed by atoms with Crippen molar-refractivity contribution < 1.29 is 28.6 Å². The highest BCUT2D eigenvalue weighted by Gasteiger charge is 2.23. The Morgan fingerprint density at radius 2 is 1.39 bits per heavy atom. The van der Waals surface area contributed by atoms with Crippen LogP contribution in [0.15, 0.2) is 60.7 Å². The Kier molecular flexibility index (Phi) is 17.2. The minimum absolute atomic E-state index is 0.160. The Bertz CT molecular complexity index is 909. The number of amides is 1. The summed E-state index contributed by atoms with van der Waals surface area (Å²) in [6.07, 6.45) is 0.132. The molecule has 0 saturated carbocycles. The van der Waals surface area contributed by atoms with Crippen LogP contribution in [0.1, 0.15) is 72.9 Å². The van der Waals surface area contributed by atoms with E-state index in [0.29, 0.717) is 12.3 Å². The van der Waals surface area contributed by atoms with Gasteiger partial charge in [0.1, 0.15) is 12.2 Å². The maximum atomic E-state index is 12.0. The summed E-state index contributed by atoms with van der Waals surface area (Å²) >= 11 is 0. The van der Waals surface area contributed by atoms with Crippen LogP contribution in [0.2, 0.25) is 0 Å². The van der Waals surface area contributed by atoms with E-state index in [1.807, 2.05) is 102 Å². The Labute approximate surface area is 229 Å². The summed E-state index contributed by atoms with van der Waals surface area (Å²) in [5, 5.41) is 0. The normalized spacial score (nSPS) is 11.9. The maximum absolute atomic E-state index is 12.0. The first kappa shape index (κ1) is 34.6. The molecule has 0 bridgehead atoms. The van der Waals surface area contributed by atoms with Crippen LogP contribution in [0.25, 0.3) is 0 Å². The molecule has 2 rings (SSSR count). The van der Waals surface area contributed by atoms with Gasteiger partial charge in [-0.25, -0.2) is 9.59 Å². The standard InChI is InChI=1S/C17H16O4.C12H25NO2.C2H6/c18-13-21-16(11-14-7-3-1-4-8-14)17(19)20-12-15-9-5-2-6-10-15;1-9(2)8-10(3)13(7)11(14)15-12(4,5)6;1-2/h1-10,13,16H,11-12H2;9-10H,8H2,1-7H3;1-2H3. The first-order valence-electron chi connectivity index (χ1n) is 13.2. The van der Waals surface area contributed by atoms with Gasteiger partial charge >= 0.3 is 12.1 Å². The molecule has 0 spiro atoms. The Morgan fingerprint density at radius 1 is 0.895 bits per heavy atom. The van der Waals surface area contributed by atoms with Crippen molar-refractivity contribution in [2.45, 2.75) is 92.6 Å². The molecule has 0 aliphatic heterocycles. The first-order valence-corrected chi connectivity index (χ1v) is 13.2. The molecule has 7 heteroatoms. The zero-order valence-electron chi connectivity index (χ0n) is 24.6. The molecule has 0 saturated heterocycles. The van der Waals surface area contributed by atoms with E-state index in [2.05, 4.69) is 13.8 Å². The molecule has 2 aromatic carbocycles. The van der Waals surface area contributed by atoms with Gasteiger partial charge in [0, 0.05) is 19.5 Å². The number of rotatable bonds is 10. The SMILES string of the molecule is CC.CC(C)CC(C)N(C)C(=O)OC(C)(C)C.O=COC(Cc1ccccc1)C(=O)OCc1ccccc1. The van der Waals surface area contributed by atoms with Crippen molar-refractivity contribution in [2.24, 2.45) is 5.92 Å². The lowest BCUT2D eigenvalue weighted by Gasteiger charge is -2.29. The van der Waals surface area contributed by atoms with Crippen LogP contribution in [0.5, 0.6) is 0 Å². The molecule has 38 heavy (non-hydrogen) atoms. The highest BCUT2D eigenvalue weighted by molar-refractivity contribution is 5.76. The second-order valence-electron chi connectivity index (χ2n) is 10.1. The number of hydrogen-bond acceptors (Lipinski definition) is 6. The van der Waals surface area contributed by atoms with Gasteiger partial charge in [-0.05, 0) is 51.2 Å². The molecule has 2 aromatic rings. The van der Waals surface area contributed by atoms with Crippen LogP contribution in [-0.2, 0) is 36.8 Å². The lowest BCUT2D eigenvalue weighted by atomic mass is 10.0. The molecule has 0 N–H and O–H groups in total. The molecule has 0 aromatic heterocycles. The number of benzene rings is 2. The molecule has 0 radical (unpaired) electrons. The molecule has 0 aliphatic carbocycles. The van der Waals surface area contributed by atoms with E-state index in [1.54, 1.807) is 11.9 Å². The van der Waals surface area contributed by atoms with Gasteiger partial charge < -0.3 is 19.1 Å². The van der Waals surface area contributed by atoms with E-state index in [-0.39, 0.29) is 25.2 Å². The Hall–Kier alpha value is -3.35. The van der Waals surface area contributed by atoms with Gasteiger partial charge in [0.2, 0.25) is 6.10 Å². The van der Waals surface area contributed by atoms with E-state index in [9.17, 15) is 14.4 Å². The number of carbonyl (C=O) groups is 3. The summed E-state index contributed by atoms with van der Waals surface area (Å²) in [5.74, 6) is 0.0414. The first-order chi connectivity index (χ1) is 17.9. The predicted molar refractivity (Wildman–Crippen MR) is 152 cm³/mol. The molecular weight excluding hydrogens is 482 g/mol. The van der Waals surface area contributed by atoms with Gasteiger partial charge in [-0.2, -0.15) is 0 Å². The fourth-order valence-corrected chi connectivity index (χ4v) is 3.26. The van der Waals surface area contributed by atoms with Crippen molar-refractivity contribution in [1.82, 2.24) is 4.90 Å². The second kappa shape index (κ2) is 18.8. The minimum Gasteiger partial charge on any atom is -0.458 e. The van der Waals surface area contributed by atoms with Gasteiger partial charge in [-0.3, -0.25) is 4.79 Å². The van der Waals surface area contributed by atoms with Crippen LogP contribution >= 0.6 is 0 Å². The Balaban J connectivity index is 0.000000714. The number of carbonyl (C=O) groups excluding carboxylic acids is 3. The van der Waals surface area contributed by atoms with Crippen molar-refractivity contribution in [3.05, 3.63) is 71.8 Å². The lowest BCUT2D eigenvalue weighted by molar-refractivity contribution is -0.162. The quantitative estimate of drug-likeness (QED) is 0.191. The average molecular weight is 530 g/mol. The van der Waals surface area contributed by atoms with Gasteiger partial charge in [0.15, 0.2) is 0 Å². The van der Waals surface area contributed by atoms with E-state index in [0.717, 1.165) is 17.5 Å². The highest BCUT2D eigenvalue weighted by atomic mass is 16.6. The fraction of sp³-hybridized carbons (Fsp3) is 0.516. The van der Waals surface area contributed by atoms with Crippen LogP contribution in [0.3, 0.4) is 0 Å². The zero-order chi connectivity index (χ0) is 29.1. The van der Waals surface area contributed by atoms with Crippen molar-refractivity contribution in [2.75, 3.05) is 7.05 Å². The molecule has 0 aliphatic rings. The molecule has 2 atom stereocenters. The zero-order valence-corrected chi connectivity index (χ0v) is 24.6. The monoisotopic (exact) mass is 529 g/mol. The number of hydrogen-bond donors (Lipinski definition) is 0. The molecule has 0 heterocycles. The Morgan fingerprint density at radius 3 is 1.84 bits per heavy atom. The van der Waals surface area contributed by atoms with Gasteiger partial charge in [0.25, 0.3) is 6.47 Å². The molecule has 212 valence electrons. The maximum Gasteiger partial charge on any atom is 0.410 e. The number of ether oxygens (including phenoxy) is 3. The van der Waals surface area contributed by atoms with Crippen LogP contribution in [-0.4, -0.2) is 48.2 Å². The van der Waals surface area contributed by atoms with Gasteiger partial charge in [0.05, 0.1) is 0 Å². The molecule has 1 amide bonds. The molecule has 7 nitrogen and oxygen atoms in total. The molecule has 0 fully saturated rings. The summed E-state index contributed by atoms with van der Waals surface area (Å²) in [6, 6.07) is 18.9.